The molecule has 4 heteroatoms. The fourth-order valence-corrected chi connectivity index (χ4v) is 2.29. The summed E-state index contributed by atoms with van der Waals surface area (Å²) in [5.41, 5.74) is 3.48. The summed E-state index contributed by atoms with van der Waals surface area (Å²) in [5.74, 6) is 0.847. The van der Waals surface area contributed by atoms with Crippen molar-refractivity contribution in [1.82, 2.24) is 0 Å². The zero-order valence-electron chi connectivity index (χ0n) is 13.4. The molecule has 118 valence electrons. The topological polar surface area (TPSA) is 62.1 Å². The monoisotopic (exact) mass is 308 g/mol. The number of benzene rings is 2. The van der Waals surface area contributed by atoms with Crippen molar-refractivity contribution in [1.29, 1.82) is 5.26 Å². The predicted octanol–water partition coefficient (Wildman–Crippen LogP) is 3.97. The van der Waals surface area contributed by atoms with Crippen molar-refractivity contribution < 1.29 is 9.53 Å². The predicted molar refractivity (Wildman–Crippen MR) is 90.4 cm³/mol. The summed E-state index contributed by atoms with van der Waals surface area (Å²) < 4.78 is 5.78. The summed E-state index contributed by atoms with van der Waals surface area (Å²) in [6.07, 6.45) is 1.04. The molecule has 0 spiro atoms. The van der Waals surface area contributed by atoms with Crippen molar-refractivity contribution >= 4 is 11.6 Å². The largest absolute Gasteiger partial charge is 0.493 e. The van der Waals surface area contributed by atoms with Crippen LogP contribution in [0, 0.1) is 25.2 Å². The lowest BCUT2D eigenvalue weighted by Crippen LogP contribution is -2.13. The van der Waals surface area contributed by atoms with E-state index in [2.05, 4.69) is 5.32 Å². The second-order valence-electron chi connectivity index (χ2n) is 5.41. The van der Waals surface area contributed by atoms with Gasteiger partial charge in [-0.2, -0.15) is 5.26 Å². The van der Waals surface area contributed by atoms with Crippen LogP contribution in [-0.2, 0) is 4.79 Å². The highest BCUT2D eigenvalue weighted by molar-refractivity contribution is 5.90. The summed E-state index contributed by atoms with van der Waals surface area (Å²) in [5, 5.41) is 11.5. The Hall–Kier alpha value is -2.80. The summed E-state index contributed by atoms with van der Waals surface area (Å²) >= 11 is 0. The van der Waals surface area contributed by atoms with E-state index in [-0.39, 0.29) is 5.91 Å². The number of aryl methyl sites for hydroxylation is 2. The van der Waals surface area contributed by atoms with E-state index in [0.717, 1.165) is 16.9 Å². The normalized spacial score (nSPS) is 9.96. The van der Waals surface area contributed by atoms with Crippen LogP contribution < -0.4 is 10.1 Å². The lowest BCUT2D eigenvalue weighted by Gasteiger charge is -2.11. The van der Waals surface area contributed by atoms with Crippen molar-refractivity contribution in [2.45, 2.75) is 26.7 Å². The van der Waals surface area contributed by atoms with Gasteiger partial charge in [0.25, 0.3) is 0 Å². The Morgan fingerprint density at radius 2 is 1.78 bits per heavy atom. The number of carbonyl (C=O) groups is 1. The fourth-order valence-electron chi connectivity index (χ4n) is 2.29. The number of nitriles is 1. The Morgan fingerprint density at radius 1 is 1.13 bits per heavy atom. The number of hydrogen-bond donors (Lipinski definition) is 1. The van der Waals surface area contributed by atoms with E-state index in [1.54, 1.807) is 24.3 Å². The highest BCUT2D eigenvalue weighted by Gasteiger charge is 2.05. The zero-order valence-corrected chi connectivity index (χ0v) is 13.4. The number of nitrogens with zero attached hydrogens (tertiary/aromatic N) is 1. The first-order chi connectivity index (χ1) is 11.1. The first kappa shape index (κ1) is 16.6. The quantitative estimate of drug-likeness (QED) is 0.821. The first-order valence-electron chi connectivity index (χ1n) is 7.59. The van der Waals surface area contributed by atoms with Crippen molar-refractivity contribution in [3.8, 4) is 11.8 Å². The van der Waals surface area contributed by atoms with Gasteiger partial charge in [0.05, 0.1) is 18.2 Å². The zero-order chi connectivity index (χ0) is 16.7. The molecule has 1 amide bonds. The van der Waals surface area contributed by atoms with Gasteiger partial charge in [-0.15, -0.1) is 0 Å². The third kappa shape index (κ3) is 4.86. The summed E-state index contributed by atoms with van der Waals surface area (Å²) in [6.45, 7) is 4.53. The maximum Gasteiger partial charge on any atom is 0.224 e. The third-order valence-corrected chi connectivity index (χ3v) is 3.50. The molecule has 0 aliphatic carbocycles. The molecule has 23 heavy (non-hydrogen) atoms. The third-order valence-electron chi connectivity index (χ3n) is 3.50. The van der Waals surface area contributed by atoms with E-state index in [9.17, 15) is 4.79 Å². The number of anilines is 1. The Balaban J connectivity index is 1.75. The van der Waals surface area contributed by atoms with E-state index in [1.807, 2.05) is 38.1 Å². The smallest absolute Gasteiger partial charge is 0.224 e. The van der Waals surface area contributed by atoms with Crippen molar-refractivity contribution in [2.75, 3.05) is 11.9 Å². The molecule has 0 fully saturated rings. The SMILES string of the molecule is Cc1cccc(C)c1OCCCC(=O)Nc1ccc(C#N)cc1. The number of rotatable bonds is 6. The van der Waals surface area contributed by atoms with Crippen LogP contribution in [-0.4, -0.2) is 12.5 Å². The standard InChI is InChI=1S/C19H20N2O2/c1-14-5-3-6-15(2)19(14)23-12-4-7-18(22)21-17-10-8-16(13-20)9-11-17/h3,5-6,8-11H,4,7,12H2,1-2H3,(H,21,22). The molecular formula is C19H20N2O2. The molecule has 0 unspecified atom stereocenters. The van der Waals surface area contributed by atoms with Gasteiger partial charge in [-0.25, -0.2) is 0 Å². The molecule has 0 saturated carbocycles. The van der Waals surface area contributed by atoms with Gasteiger partial charge in [0, 0.05) is 12.1 Å². The average Bonchev–Trinajstić information content (AvgIpc) is 2.54. The van der Waals surface area contributed by atoms with E-state index < -0.39 is 0 Å². The van der Waals surface area contributed by atoms with Gasteiger partial charge >= 0.3 is 0 Å². The van der Waals surface area contributed by atoms with Crippen LogP contribution in [0.3, 0.4) is 0 Å². The number of ether oxygens (including phenoxy) is 1. The minimum absolute atomic E-state index is 0.0557. The highest BCUT2D eigenvalue weighted by Crippen LogP contribution is 2.22. The Morgan fingerprint density at radius 3 is 2.39 bits per heavy atom. The van der Waals surface area contributed by atoms with E-state index in [0.29, 0.717) is 30.7 Å². The summed E-state index contributed by atoms with van der Waals surface area (Å²) in [4.78, 5) is 11.9. The molecule has 0 aromatic heterocycles. The second kappa shape index (κ2) is 8.00. The molecule has 0 saturated heterocycles. The van der Waals surface area contributed by atoms with Crippen molar-refractivity contribution in [3.05, 3.63) is 59.2 Å². The molecule has 0 bridgehead atoms. The molecule has 2 aromatic carbocycles. The van der Waals surface area contributed by atoms with Gasteiger partial charge in [0.15, 0.2) is 0 Å². The molecule has 0 radical (unpaired) electrons. The van der Waals surface area contributed by atoms with Gasteiger partial charge in [-0.3, -0.25) is 4.79 Å². The van der Waals surface area contributed by atoms with Crippen LogP contribution in [0.2, 0.25) is 0 Å². The van der Waals surface area contributed by atoms with Crippen molar-refractivity contribution in [3.63, 3.8) is 0 Å². The van der Waals surface area contributed by atoms with E-state index in [4.69, 9.17) is 10.00 Å². The molecule has 0 atom stereocenters. The van der Waals surface area contributed by atoms with Crippen molar-refractivity contribution in [2.24, 2.45) is 0 Å². The van der Waals surface area contributed by atoms with Gasteiger partial charge in [-0.05, 0) is 55.7 Å². The average molecular weight is 308 g/mol. The van der Waals surface area contributed by atoms with Crippen LogP contribution in [0.4, 0.5) is 5.69 Å². The number of amides is 1. The summed E-state index contributed by atoms with van der Waals surface area (Å²) in [6, 6.07) is 14.9. The lowest BCUT2D eigenvalue weighted by molar-refractivity contribution is -0.116. The Bertz CT molecular complexity index is 695. The molecule has 2 rings (SSSR count). The number of hydrogen-bond acceptors (Lipinski definition) is 3. The molecule has 2 aromatic rings. The summed E-state index contributed by atoms with van der Waals surface area (Å²) in [7, 11) is 0. The lowest BCUT2D eigenvalue weighted by atomic mass is 10.1. The van der Waals surface area contributed by atoms with Crippen LogP contribution in [0.15, 0.2) is 42.5 Å². The van der Waals surface area contributed by atoms with Crippen LogP contribution in [0.5, 0.6) is 5.75 Å². The highest BCUT2D eigenvalue weighted by atomic mass is 16.5. The second-order valence-corrected chi connectivity index (χ2v) is 5.41. The Kier molecular flexibility index (Phi) is 5.76. The first-order valence-corrected chi connectivity index (χ1v) is 7.59. The maximum absolute atomic E-state index is 11.9. The molecule has 1 N–H and O–H groups in total. The molecule has 4 nitrogen and oxygen atoms in total. The molecular weight excluding hydrogens is 288 g/mol. The number of para-hydroxylation sites is 1. The maximum atomic E-state index is 11.9. The minimum Gasteiger partial charge on any atom is -0.493 e. The van der Waals surface area contributed by atoms with Crippen LogP contribution >= 0.6 is 0 Å². The fraction of sp³-hybridized carbons (Fsp3) is 0.263. The number of carbonyl (C=O) groups excluding carboxylic acids is 1. The van der Waals surface area contributed by atoms with Gasteiger partial charge in [0.1, 0.15) is 5.75 Å². The van der Waals surface area contributed by atoms with Gasteiger partial charge in [0.2, 0.25) is 5.91 Å². The molecule has 0 heterocycles. The van der Waals surface area contributed by atoms with Crippen LogP contribution in [0.1, 0.15) is 29.5 Å². The van der Waals surface area contributed by atoms with Crippen LogP contribution in [0.25, 0.3) is 0 Å². The van der Waals surface area contributed by atoms with E-state index >= 15 is 0 Å². The van der Waals surface area contributed by atoms with Gasteiger partial charge in [-0.1, -0.05) is 18.2 Å². The number of nitrogens with one attached hydrogen (secondary N) is 1. The molecule has 0 aliphatic heterocycles. The van der Waals surface area contributed by atoms with Gasteiger partial charge < -0.3 is 10.1 Å². The minimum atomic E-state index is -0.0557. The Labute approximate surface area is 136 Å². The van der Waals surface area contributed by atoms with E-state index in [1.165, 1.54) is 0 Å². The molecule has 0 aliphatic rings.